The van der Waals surface area contributed by atoms with Crippen molar-refractivity contribution in [2.75, 3.05) is 18.1 Å². The predicted octanol–water partition coefficient (Wildman–Crippen LogP) is 2.69. The molecule has 1 atom stereocenters. The van der Waals surface area contributed by atoms with Gasteiger partial charge in [-0.15, -0.1) is 0 Å². The summed E-state index contributed by atoms with van der Waals surface area (Å²) in [6.45, 7) is 11.4. The molecule has 1 aromatic rings. The van der Waals surface area contributed by atoms with Gasteiger partial charge in [0.1, 0.15) is 0 Å². The fourth-order valence-corrected chi connectivity index (χ4v) is 5.02. The molecule has 24 heavy (non-hydrogen) atoms. The van der Waals surface area contributed by atoms with E-state index >= 15 is 0 Å². The van der Waals surface area contributed by atoms with Crippen molar-refractivity contribution in [3.8, 4) is 0 Å². The van der Waals surface area contributed by atoms with Gasteiger partial charge < -0.3 is 5.32 Å². The van der Waals surface area contributed by atoms with E-state index in [1.54, 1.807) is 0 Å². The van der Waals surface area contributed by atoms with E-state index in [9.17, 15) is 13.2 Å². The fraction of sp³-hybridized carbons (Fsp3) is 0.632. The lowest BCUT2D eigenvalue weighted by Gasteiger charge is -2.22. The lowest BCUT2D eigenvalue weighted by Crippen LogP contribution is -2.33. The van der Waals surface area contributed by atoms with E-state index in [1.807, 2.05) is 0 Å². The molecular weight excluding hydrogens is 322 g/mol. The summed E-state index contributed by atoms with van der Waals surface area (Å²) in [6, 6.07) is 4.46. The van der Waals surface area contributed by atoms with Gasteiger partial charge in [-0.2, -0.15) is 0 Å². The van der Waals surface area contributed by atoms with Crippen molar-refractivity contribution in [1.82, 2.24) is 5.32 Å². The number of carbonyl (C=O) groups excluding carboxylic acids is 1. The normalized spacial score (nSPS) is 20.1. The molecule has 1 aliphatic heterocycles. The van der Waals surface area contributed by atoms with Crippen LogP contribution in [0.3, 0.4) is 0 Å². The monoisotopic (exact) mass is 351 g/mol. The Morgan fingerprint density at radius 1 is 1.21 bits per heavy atom. The largest absolute Gasteiger partial charge is 0.356 e. The molecule has 0 radical (unpaired) electrons. The maximum absolute atomic E-state index is 12.1. The summed E-state index contributed by atoms with van der Waals surface area (Å²) in [5.74, 6) is -0.368. The molecule has 0 bridgehead atoms. The minimum absolute atomic E-state index is 0.00281. The van der Waals surface area contributed by atoms with E-state index in [0.717, 1.165) is 6.42 Å². The number of rotatable bonds is 4. The average Bonchev–Trinajstić information content (AvgIpc) is 2.80. The van der Waals surface area contributed by atoms with E-state index in [1.165, 1.54) is 22.3 Å². The Morgan fingerprint density at radius 2 is 1.79 bits per heavy atom. The summed E-state index contributed by atoms with van der Waals surface area (Å²) in [5, 5.41) is 2.91. The van der Waals surface area contributed by atoms with Crippen LogP contribution >= 0.6 is 0 Å². The smallest absolute Gasteiger partial charge is 0.224 e. The number of nitrogens with one attached hydrogen (secondary N) is 1. The molecule has 1 aromatic carbocycles. The van der Waals surface area contributed by atoms with E-state index in [0.29, 0.717) is 13.0 Å². The molecule has 0 saturated carbocycles. The number of hydrogen-bond acceptors (Lipinski definition) is 3. The second-order valence-electron chi connectivity index (χ2n) is 7.98. The first-order valence-electron chi connectivity index (χ1n) is 8.58. The van der Waals surface area contributed by atoms with Crippen molar-refractivity contribution in [2.24, 2.45) is 5.92 Å². The summed E-state index contributed by atoms with van der Waals surface area (Å²) >= 11 is 0. The first kappa shape index (κ1) is 19.0. The molecule has 0 aromatic heterocycles. The Bertz CT molecular complexity index is 706. The molecule has 1 saturated heterocycles. The Kier molecular flexibility index (Phi) is 5.43. The Morgan fingerprint density at radius 3 is 2.25 bits per heavy atom. The van der Waals surface area contributed by atoms with E-state index < -0.39 is 9.84 Å². The number of sulfone groups is 1. The minimum Gasteiger partial charge on any atom is -0.356 e. The van der Waals surface area contributed by atoms with Gasteiger partial charge in [0.2, 0.25) is 5.91 Å². The van der Waals surface area contributed by atoms with E-state index in [2.05, 4.69) is 52.1 Å². The molecular formula is C19H29NO3S. The number of benzene rings is 1. The van der Waals surface area contributed by atoms with E-state index in [-0.39, 0.29) is 28.7 Å². The highest BCUT2D eigenvalue weighted by molar-refractivity contribution is 7.91. The van der Waals surface area contributed by atoms with Crippen LogP contribution in [0.2, 0.25) is 0 Å². The molecule has 1 amide bonds. The molecule has 1 N–H and O–H groups in total. The van der Waals surface area contributed by atoms with Crippen LogP contribution in [-0.2, 0) is 26.5 Å². The summed E-state index contributed by atoms with van der Waals surface area (Å²) in [5.41, 5.74) is 5.20. The number of hydrogen-bond donors (Lipinski definition) is 1. The molecule has 0 unspecified atom stereocenters. The lowest BCUT2D eigenvalue weighted by atomic mass is 9.83. The Balaban J connectivity index is 1.97. The zero-order valence-corrected chi connectivity index (χ0v) is 16.2. The maximum atomic E-state index is 12.1. The molecule has 1 heterocycles. The summed E-state index contributed by atoms with van der Waals surface area (Å²) < 4.78 is 22.9. The highest BCUT2D eigenvalue weighted by Gasteiger charge is 2.32. The minimum atomic E-state index is -3.01. The van der Waals surface area contributed by atoms with Crippen molar-refractivity contribution in [2.45, 2.75) is 52.9 Å². The fourth-order valence-electron chi connectivity index (χ4n) is 3.28. The highest BCUT2D eigenvalue weighted by Crippen LogP contribution is 2.27. The third kappa shape index (κ3) is 4.59. The van der Waals surface area contributed by atoms with Gasteiger partial charge in [-0.05, 0) is 54.4 Å². The summed E-state index contributed by atoms with van der Waals surface area (Å²) in [4.78, 5) is 12.1. The molecule has 4 nitrogen and oxygen atoms in total. The van der Waals surface area contributed by atoms with Crippen LogP contribution in [0.15, 0.2) is 12.1 Å². The van der Waals surface area contributed by atoms with E-state index in [4.69, 9.17) is 0 Å². The summed E-state index contributed by atoms with van der Waals surface area (Å²) in [7, 11) is -3.01. The van der Waals surface area contributed by atoms with Crippen molar-refractivity contribution in [3.05, 3.63) is 34.4 Å². The Hall–Kier alpha value is -1.36. The van der Waals surface area contributed by atoms with Gasteiger partial charge in [-0.25, -0.2) is 8.42 Å². The van der Waals surface area contributed by atoms with Crippen LogP contribution in [0.5, 0.6) is 0 Å². The number of aryl methyl sites for hydroxylation is 2. The van der Waals surface area contributed by atoms with Crippen molar-refractivity contribution >= 4 is 15.7 Å². The van der Waals surface area contributed by atoms with Crippen LogP contribution in [0.25, 0.3) is 0 Å². The van der Waals surface area contributed by atoms with Gasteiger partial charge in [-0.1, -0.05) is 32.9 Å². The SMILES string of the molecule is Cc1cc(C(C)(C)C)cc(C)c1CCNC(=O)[C@@H]1CCS(=O)(=O)C1. The van der Waals surface area contributed by atoms with Crippen LogP contribution in [0.4, 0.5) is 0 Å². The average molecular weight is 352 g/mol. The second kappa shape index (κ2) is 6.87. The standard InChI is InChI=1S/C19H29NO3S/c1-13-10-16(19(3,4)5)11-14(2)17(13)6-8-20-18(21)15-7-9-24(22,23)12-15/h10-11,15H,6-9,12H2,1-5H3,(H,20,21)/t15-/m1/s1. The number of amides is 1. The highest BCUT2D eigenvalue weighted by atomic mass is 32.2. The number of carbonyl (C=O) groups is 1. The van der Waals surface area contributed by atoms with Gasteiger partial charge in [0.05, 0.1) is 17.4 Å². The molecule has 2 rings (SSSR count). The van der Waals surface area contributed by atoms with Gasteiger partial charge in [0.15, 0.2) is 9.84 Å². The topological polar surface area (TPSA) is 63.2 Å². The molecule has 1 fully saturated rings. The molecule has 1 aliphatic rings. The third-order valence-electron chi connectivity index (χ3n) is 4.84. The zero-order chi connectivity index (χ0) is 18.1. The predicted molar refractivity (Wildman–Crippen MR) is 98.1 cm³/mol. The van der Waals surface area contributed by atoms with Gasteiger partial charge >= 0.3 is 0 Å². The van der Waals surface area contributed by atoms with Crippen LogP contribution < -0.4 is 5.32 Å². The first-order valence-corrected chi connectivity index (χ1v) is 10.4. The van der Waals surface area contributed by atoms with Crippen LogP contribution in [-0.4, -0.2) is 32.4 Å². The van der Waals surface area contributed by atoms with Crippen LogP contribution in [0.1, 0.15) is 49.4 Å². The third-order valence-corrected chi connectivity index (χ3v) is 6.61. The zero-order valence-electron chi connectivity index (χ0n) is 15.4. The van der Waals surface area contributed by atoms with Crippen LogP contribution in [0, 0.1) is 19.8 Å². The van der Waals surface area contributed by atoms with Crippen molar-refractivity contribution in [3.63, 3.8) is 0 Å². The maximum Gasteiger partial charge on any atom is 0.224 e. The van der Waals surface area contributed by atoms with Crippen molar-refractivity contribution < 1.29 is 13.2 Å². The first-order chi connectivity index (χ1) is 11.0. The summed E-state index contributed by atoms with van der Waals surface area (Å²) in [6.07, 6.45) is 1.22. The van der Waals surface area contributed by atoms with Gasteiger partial charge in [0, 0.05) is 6.54 Å². The molecule has 134 valence electrons. The molecule has 0 spiro atoms. The van der Waals surface area contributed by atoms with Gasteiger partial charge in [0.25, 0.3) is 0 Å². The quantitative estimate of drug-likeness (QED) is 0.907. The lowest BCUT2D eigenvalue weighted by molar-refractivity contribution is -0.124. The van der Waals surface area contributed by atoms with Gasteiger partial charge in [-0.3, -0.25) is 4.79 Å². The van der Waals surface area contributed by atoms with Crippen molar-refractivity contribution in [1.29, 1.82) is 0 Å². The Labute approximate surface area is 146 Å². The second-order valence-corrected chi connectivity index (χ2v) is 10.2. The molecule has 5 heteroatoms. The molecule has 0 aliphatic carbocycles.